The first-order chi connectivity index (χ1) is 16.5. The number of hydrogen-bond donors (Lipinski definition) is 0. The van der Waals surface area contributed by atoms with E-state index in [1.54, 1.807) is 49.4 Å². The summed E-state index contributed by atoms with van der Waals surface area (Å²) in [5.74, 6) is 0.124. The predicted octanol–water partition coefficient (Wildman–Crippen LogP) is 5.31. The maximum Gasteiger partial charge on any atom is 0.737 e. The van der Waals surface area contributed by atoms with Gasteiger partial charge in [-0.3, -0.25) is 0 Å². The summed E-state index contributed by atoms with van der Waals surface area (Å²) in [6, 6.07) is 12.6. The molecular formula is C25H21BF2N2O3S. The molecule has 0 unspecified atom stereocenters. The molecule has 0 N–H and O–H groups in total. The van der Waals surface area contributed by atoms with Crippen molar-refractivity contribution in [2.24, 2.45) is 0 Å². The molecule has 0 bridgehead atoms. The van der Waals surface area contributed by atoms with Crippen LogP contribution in [0.25, 0.3) is 18.2 Å². The molecule has 0 atom stereocenters. The zero-order valence-corrected chi connectivity index (χ0v) is 19.2. The minimum absolute atomic E-state index is 0.150. The highest BCUT2D eigenvalue weighted by molar-refractivity contribution is 7.12. The van der Waals surface area contributed by atoms with Gasteiger partial charge in [0, 0.05) is 23.9 Å². The minimum atomic E-state index is -4.02. The Morgan fingerprint density at radius 1 is 1.15 bits per heavy atom. The van der Waals surface area contributed by atoms with Crippen molar-refractivity contribution in [2.45, 2.75) is 6.92 Å². The molecule has 3 aromatic rings. The lowest BCUT2D eigenvalue weighted by atomic mass is 9.91. The first-order valence-corrected chi connectivity index (χ1v) is 11.7. The molecule has 0 fully saturated rings. The molecule has 0 aliphatic carbocycles. The highest BCUT2D eigenvalue weighted by Gasteiger charge is 2.51. The molecule has 0 amide bonds. The van der Waals surface area contributed by atoms with E-state index in [0.717, 1.165) is 19.4 Å². The lowest BCUT2D eigenvalue weighted by Gasteiger charge is -2.28. The van der Waals surface area contributed by atoms with Gasteiger partial charge in [0.1, 0.15) is 5.75 Å². The largest absolute Gasteiger partial charge is 0.737 e. The molecule has 0 saturated heterocycles. The Hall–Kier alpha value is -3.72. The first kappa shape index (κ1) is 22.1. The van der Waals surface area contributed by atoms with Gasteiger partial charge in [0.15, 0.2) is 18.0 Å². The van der Waals surface area contributed by atoms with Crippen molar-refractivity contribution in [3.63, 3.8) is 0 Å². The number of esters is 1. The second kappa shape index (κ2) is 8.91. The summed E-state index contributed by atoms with van der Waals surface area (Å²) in [5, 5.41) is 1.88. The van der Waals surface area contributed by atoms with Gasteiger partial charge in [0.05, 0.1) is 11.5 Å². The number of allylic oxidation sites excluding steroid dienone is 2. The Morgan fingerprint density at radius 3 is 2.68 bits per heavy atom. The van der Waals surface area contributed by atoms with E-state index in [2.05, 4.69) is 0 Å². The van der Waals surface area contributed by atoms with Crippen LogP contribution in [0, 0.1) is 0 Å². The third kappa shape index (κ3) is 4.14. The number of carbonyl (C=O) groups excluding carboxylic acids is 1. The van der Waals surface area contributed by atoms with Crippen LogP contribution in [0.3, 0.4) is 0 Å². The highest BCUT2D eigenvalue weighted by atomic mass is 32.1. The van der Waals surface area contributed by atoms with Gasteiger partial charge in [-0.25, -0.2) is 4.79 Å². The standard InChI is InChI=1S/C25H21BF2N2O3S/c1-2-32-25(31)17-33-22-10-7-18(8-11-22)5-6-19-14-21-15-20-9-12-23(24-4-3-13-34-24)30(20)26(27,28)29(21)16-19/h3-16H,2,17H2,1H3/b6-5+. The van der Waals surface area contributed by atoms with Crippen LogP contribution >= 0.6 is 11.3 Å². The third-order valence-electron chi connectivity index (χ3n) is 5.58. The third-order valence-corrected chi connectivity index (χ3v) is 6.47. The highest BCUT2D eigenvalue weighted by Crippen LogP contribution is 2.33. The summed E-state index contributed by atoms with van der Waals surface area (Å²) in [7, 11) is 0. The lowest BCUT2D eigenvalue weighted by Crippen LogP contribution is -2.49. The molecule has 5 rings (SSSR count). The number of benzene rings is 1. The predicted molar refractivity (Wildman–Crippen MR) is 131 cm³/mol. The monoisotopic (exact) mass is 478 g/mol. The molecule has 2 aliphatic heterocycles. The van der Waals surface area contributed by atoms with E-state index in [-0.39, 0.29) is 6.61 Å². The lowest BCUT2D eigenvalue weighted by molar-refractivity contribution is -0.360. The van der Waals surface area contributed by atoms with Crippen molar-refractivity contribution < 1.29 is 27.4 Å². The number of thiophene rings is 1. The second-order valence-electron chi connectivity index (χ2n) is 7.83. The van der Waals surface area contributed by atoms with Gasteiger partial charge in [-0.1, -0.05) is 30.4 Å². The van der Waals surface area contributed by atoms with E-state index in [1.165, 1.54) is 17.5 Å². The molecule has 172 valence electrons. The van der Waals surface area contributed by atoms with Crippen molar-refractivity contribution in [3.8, 4) is 5.75 Å². The van der Waals surface area contributed by atoms with Gasteiger partial charge in [0.25, 0.3) is 0 Å². The molecule has 1 aromatic carbocycles. The van der Waals surface area contributed by atoms with Gasteiger partial charge in [-0.2, -0.15) is 0 Å². The van der Waals surface area contributed by atoms with Crippen molar-refractivity contribution >= 4 is 48.2 Å². The van der Waals surface area contributed by atoms with E-state index >= 15 is 8.63 Å². The fraction of sp³-hybridized carbons (Fsp3) is 0.120. The van der Waals surface area contributed by atoms with Gasteiger partial charge in [-0.05, 0) is 53.9 Å². The van der Waals surface area contributed by atoms with E-state index in [1.807, 2.05) is 35.7 Å². The van der Waals surface area contributed by atoms with Crippen molar-refractivity contribution in [3.05, 3.63) is 93.6 Å². The topological polar surface area (TPSA) is 43.5 Å². The Balaban J connectivity index is 1.34. The molecular weight excluding hydrogens is 457 g/mol. The second-order valence-corrected chi connectivity index (χ2v) is 8.77. The average molecular weight is 478 g/mol. The Kier molecular flexibility index (Phi) is 5.79. The maximum atomic E-state index is 15.6. The Morgan fingerprint density at radius 2 is 1.94 bits per heavy atom. The Labute approximate surface area is 199 Å². The van der Waals surface area contributed by atoms with E-state index in [9.17, 15) is 4.79 Å². The first-order valence-electron chi connectivity index (χ1n) is 10.9. The van der Waals surface area contributed by atoms with Crippen LogP contribution in [-0.2, 0) is 9.53 Å². The number of nitrogens with zero attached hydrogens (tertiary/aromatic N) is 2. The van der Waals surface area contributed by atoms with Gasteiger partial charge in [-0.15, -0.1) is 11.3 Å². The fourth-order valence-corrected chi connectivity index (χ4v) is 4.78. The quantitative estimate of drug-likeness (QED) is 0.342. The molecule has 2 aliphatic rings. The number of fused-ring (bicyclic) bond motifs is 2. The molecule has 0 spiro atoms. The summed E-state index contributed by atoms with van der Waals surface area (Å²) >= 11 is 1.44. The zero-order chi connectivity index (χ0) is 23.7. The molecule has 34 heavy (non-hydrogen) atoms. The normalized spacial score (nSPS) is 15.9. The van der Waals surface area contributed by atoms with Gasteiger partial charge >= 0.3 is 12.9 Å². The number of hydrogen-bond acceptors (Lipinski definition) is 4. The van der Waals surface area contributed by atoms with Crippen LogP contribution in [0.4, 0.5) is 8.63 Å². The van der Waals surface area contributed by atoms with Crippen LogP contribution in [0.2, 0.25) is 0 Å². The molecule has 4 heterocycles. The van der Waals surface area contributed by atoms with E-state index in [4.69, 9.17) is 9.47 Å². The van der Waals surface area contributed by atoms with E-state index in [0.29, 0.717) is 35.0 Å². The molecule has 5 nitrogen and oxygen atoms in total. The van der Waals surface area contributed by atoms with Crippen LogP contribution < -0.4 is 4.74 Å². The average Bonchev–Trinajstić information content (AvgIpc) is 3.57. The van der Waals surface area contributed by atoms with Crippen molar-refractivity contribution in [1.29, 1.82) is 0 Å². The number of ether oxygens (including phenoxy) is 2. The number of rotatable bonds is 7. The Bertz CT molecular complexity index is 1350. The summed E-state index contributed by atoms with van der Waals surface area (Å²) in [4.78, 5) is 12.2. The van der Waals surface area contributed by atoms with Crippen LogP contribution in [0.15, 0.2) is 71.9 Å². The smallest absolute Gasteiger partial charge is 0.482 e. The fourth-order valence-electron chi connectivity index (χ4n) is 4.04. The minimum Gasteiger partial charge on any atom is -0.482 e. The molecule has 0 radical (unpaired) electrons. The van der Waals surface area contributed by atoms with E-state index < -0.39 is 12.9 Å². The van der Waals surface area contributed by atoms with Gasteiger partial charge in [0.2, 0.25) is 0 Å². The molecule has 9 heteroatoms. The van der Waals surface area contributed by atoms with Crippen LogP contribution in [0.5, 0.6) is 5.75 Å². The summed E-state index contributed by atoms with van der Waals surface area (Å²) in [5.41, 5.74) is 3.04. The van der Waals surface area contributed by atoms with Crippen LogP contribution in [-0.4, -0.2) is 40.8 Å². The van der Waals surface area contributed by atoms with Crippen molar-refractivity contribution in [1.82, 2.24) is 4.48 Å². The number of aromatic nitrogens is 1. The van der Waals surface area contributed by atoms with Gasteiger partial charge < -0.3 is 27.1 Å². The summed E-state index contributed by atoms with van der Waals surface area (Å²) < 4.78 is 43.6. The summed E-state index contributed by atoms with van der Waals surface area (Å²) in [6.45, 7) is -2.12. The van der Waals surface area contributed by atoms with Crippen LogP contribution in [0.1, 0.15) is 28.6 Å². The summed E-state index contributed by atoms with van der Waals surface area (Å²) in [6.07, 6.45) is 10.4. The SMILES string of the molecule is CCOC(=O)COc1ccc(/C=C/c2cc3n(c2)[B-](F)(F)[N+]2=C(c4cccs4)C=CC2=C3)cc1. The number of halogens is 2. The molecule has 2 aromatic heterocycles. The molecule has 0 saturated carbocycles. The number of carbonyl (C=O) groups is 1. The van der Waals surface area contributed by atoms with Crippen molar-refractivity contribution in [2.75, 3.05) is 13.2 Å². The zero-order valence-electron chi connectivity index (χ0n) is 18.4. The maximum absolute atomic E-state index is 15.6.